The van der Waals surface area contributed by atoms with E-state index in [-0.39, 0.29) is 37.6 Å². The van der Waals surface area contributed by atoms with Gasteiger partial charge in [0.05, 0.1) is 12.4 Å². The van der Waals surface area contributed by atoms with Crippen molar-refractivity contribution in [3.8, 4) is 0 Å². The van der Waals surface area contributed by atoms with Crippen LogP contribution in [0.3, 0.4) is 0 Å². The van der Waals surface area contributed by atoms with Gasteiger partial charge in [0.2, 0.25) is 5.25 Å². The zero-order valence-corrected chi connectivity index (χ0v) is 12.9. The van der Waals surface area contributed by atoms with Crippen LogP contribution in [-0.4, -0.2) is 50.5 Å². The first-order valence-corrected chi connectivity index (χ1v) is 6.55. The molecule has 0 unspecified atom stereocenters. The largest absolute Gasteiger partial charge is 1.00 e. The number of urea groups is 1. The molecule has 1 aliphatic heterocycles. The monoisotopic (exact) mass is 288 g/mol. The van der Waals surface area contributed by atoms with E-state index < -0.39 is 38.7 Å². The van der Waals surface area contributed by atoms with E-state index in [4.69, 9.17) is 4.74 Å². The Morgan fingerprint density at radius 2 is 1.72 bits per heavy atom. The Hall–Kier alpha value is -0.480. The predicted molar refractivity (Wildman–Crippen MR) is 56.9 cm³/mol. The number of ether oxygens (including phenoxy) is 1. The average Bonchev–Trinajstić information content (AvgIpc) is 2.15. The molecular formula is C8H13N2NaO6S. The maximum absolute atomic E-state index is 11.7. The molecule has 98 valence electrons. The van der Waals surface area contributed by atoms with Gasteiger partial charge in [0.15, 0.2) is 9.84 Å². The third kappa shape index (κ3) is 4.32. The second-order valence-corrected chi connectivity index (χ2v) is 5.46. The van der Waals surface area contributed by atoms with Gasteiger partial charge < -0.3 is 6.16 Å². The number of carbonyl (C=O) groups excluding carboxylic acids is 3. The summed E-state index contributed by atoms with van der Waals surface area (Å²) in [6, 6.07) is -1.02. The maximum atomic E-state index is 11.7. The molecule has 0 atom stereocenters. The van der Waals surface area contributed by atoms with Crippen LogP contribution in [-0.2, 0) is 24.2 Å². The molecule has 1 fully saturated rings. The van der Waals surface area contributed by atoms with Gasteiger partial charge in [0.1, 0.15) is 0 Å². The van der Waals surface area contributed by atoms with Crippen molar-refractivity contribution in [2.45, 2.75) is 12.2 Å². The normalized spacial score (nSPS) is 16.8. The molecule has 0 saturated carbocycles. The quantitative estimate of drug-likeness (QED) is 0.298. The Bertz CT molecular complexity index is 434. The van der Waals surface area contributed by atoms with Crippen molar-refractivity contribution in [1.82, 2.24) is 10.6 Å². The van der Waals surface area contributed by atoms with Crippen molar-refractivity contribution in [3.63, 3.8) is 0 Å². The summed E-state index contributed by atoms with van der Waals surface area (Å²) in [5.74, 6) is -2.72. The van der Waals surface area contributed by atoms with Gasteiger partial charge >= 0.3 is 35.6 Å². The number of carbonyl (C=O) groups is 3. The minimum Gasteiger partial charge on any atom is -1.00 e. The molecule has 4 amide bonds. The van der Waals surface area contributed by atoms with Crippen LogP contribution >= 0.6 is 0 Å². The molecule has 8 nitrogen and oxygen atoms in total. The smallest absolute Gasteiger partial charge is 1.00 e. The van der Waals surface area contributed by atoms with Crippen LogP contribution in [0.2, 0.25) is 0 Å². The molecule has 1 saturated heterocycles. The van der Waals surface area contributed by atoms with Crippen molar-refractivity contribution in [2.75, 3.05) is 19.0 Å². The Morgan fingerprint density at radius 1 is 1.22 bits per heavy atom. The van der Waals surface area contributed by atoms with Gasteiger partial charge in [-0.1, -0.05) is 0 Å². The number of sulfone groups is 1. The molecule has 2 N–H and O–H groups in total. The van der Waals surface area contributed by atoms with Crippen LogP contribution < -0.4 is 40.2 Å². The third-order valence-electron chi connectivity index (χ3n) is 2.03. The standard InChI is InChI=1S/C8H12N2O6S.Na.H/c1-2-16-3-4-17(14,15)5-6(11)9-8(13)10-7(5)12;;/h5H,2-4H2,1H3,(H2,9,10,11,12,13);;/q;+1;-1. The molecule has 0 aromatic rings. The van der Waals surface area contributed by atoms with Crippen molar-refractivity contribution in [1.29, 1.82) is 0 Å². The van der Waals surface area contributed by atoms with Crippen molar-refractivity contribution >= 4 is 27.7 Å². The zero-order chi connectivity index (χ0) is 13.1. The molecular weight excluding hydrogens is 275 g/mol. The van der Waals surface area contributed by atoms with Crippen LogP contribution in [0.5, 0.6) is 0 Å². The fraction of sp³-hybridized carbons (Fsp3) is 0.625. The van der Waals surface area contributed by atoms with Gasteiger partial charge in [-0.25, -0.2) is 13.2 Å². The number of amides is 4. The van der Waals surface area contributed by atoms with E-state index in [1.165, 1.54) is 0 Å². The molecule has 1 heterocycles. The Balaban J connectivity index is 0. The molecule has 0 aliphatic carbocycles. The number of nitrogens with one attached hydrogen (secondary N) is 2. The summed E-state index contributed by atoms with van der Waals surface area (Å²) in [5.41, 5.74) is 0. The molecule has 0 bridgehead atoms. The molecule has 1 rings (SSSR count). The Labute approximate surface area is 128 Å². The molecule has 0 aromatic heterocycles. The topological polar surface area (TPSA) is 119 Å². The summed E-state index contributed by atoms with van der Waals surface area (Å²) in [6.07, 6.45) is 0. The summed E-state index contributed by atoms with van der Waals surface area (Å²) < 4.78 is 28.2. The molecule has 10 heteroatoms. The van der Waals surface area contributed by atoms with Crippen LogP contribution in [0, 0.1) is 0 Å². The number of barbiturate groups is 1. The number of hydrogen-bond donors (Lipinski definition) is 2. The number of imide groups is 2. The SMILES string of the molecule is CCOCCS(=O)(=O)C1C(=O)NC(=O)NC1=O.[H-].[Na+]. The minimum atomic E-state index is -3.98. The van der Waals surface area contributed by atoms with Gasteiger partial charge in [-0.2, -0.15) is 0 Å². The van der Waals surface area contributed by atoms with Gasteiger partial charge in [-0.15, -0.1) is 0 Å². The van der Waals surface area contributed by atoms with E-state index in [9.17, 15) is 22.8 Å². The fourth-order valence-electron chi connectivity index (χ4n) is 1.27. The van der Waals surface area contributed by atoms with E-state index in [0.29, 0.717) is 6.61 Å². The van der Waals surface area contributed by atoms with Crippen LogP contribution in [0.15, 0.2) is 0 Å². The van der Waals surface area contributed by atoms with E-state index in [0.717, 1.165) is 0 Å². The van der Waals surface area contributed by atoms with Crippen LogP contribution in [0.4, 0.5) is 4.79 Å². The first-order chi connectivity index (χ1) is 7.88. The fourth-order valence-corrected chi connectivity index (χ4v) is 2.62. The van der Waals surface area contributed by atoms with Gasteiger partial charge in [0, 0.05) is 6.61 Å². The number of rotatable bonds is 5. The van der Waals surface area contributed by atoms with E-state index in [1.54, 1.807) is 17.6 Å². The first kappa shape index (κ1) is 17.5. The zero-order valence-electron chi connectivity index (χ0n) is 11.1. The van der Waals surface area contributed by atoms with Crippen LogP contribution in [0.25, 0.3) is 0 Å². The molecule has 0 spiro atoms. The molecule has 18 heavy (non-hydrogen) atoms. The van der Waals surface area contributed by atoms with Crippen molar-refractivity contribution < 1.29 is 58.5 Å². The Kier molecular flexibility index (Phi) is 7.00. The molecule has 0 aromatic carbocycles. The molecule has 0 radical (unpaired) electrons. The van der Waals surface area contributed by atoms with Gasteiger partial charge in [-0.3, -0.25) is 20.2 Å². The summed E-state index contributed by atoms with van der Waals surface area (Å²) >= 11 is 0. The van der Waals surface area contributed by atoms with Crippen molar-refractivity contribution in [3.05, 3.63) is 0 Å². The minimum absolute atomic E-state index is 0. The maximum Gasteiger partial charge on any atom is 1.00 e. The second kappa shape index (κ2) is 7.19. The van der Waals surface area contributed by atoms with Crippen molar-refractivity contribution in [2.24, 2.45) is 0 Å². The predicted octanol–water partition coefficient (Wildman–Crippen LogP) is -4.71. The molecule has 1 aliphatic rings. The van der Waals surface area contributed by atoms with E-state index in [1.807, 2.05) is 0 Å². The summed E-state index contributed by atoms with van der Waals surface area (Å²) in [4.78, 5) is 33.3. The third-order valence-corrected chi connectivity index (χ3v) is 3.91. The first-order valence-electron chi connectivity index (χ1n) is 4.83. The summed E-state index contributed by atoms with van der Waals surface area (Å²) in [6.45, 7) is 1.91. The summed E-state index contributed by atoms with van der Waals surface area (Å²) in [5, 5.41) is 1.56. The van der Waals surface area contributed by atoms with E-state index in [2.05, 4.69) is 0 Å². The van der Waals surface area contributed by atoms with Crippen LogP contribution in [0.1, 0.15) is 8.35 Å². The second-order valence-electron chi connectivity index (χ2n) is 3.25. The average molecular weight is 288 g/mol. The van der Waals surface area contributed by atoms with Gasteiger partial charge in [-0.05, 0) is 6.92 Å². The van der Waals surface area contributed by atoms with E-state index >= 15 is 0 Å². The van der Waals surface area contributed by atoms with Gasteiger partial charge in [0.25, 0.3) is 11.8 Å². The summed E-state index contributed by atoms with van der Waals surface area (Å²) in [7, 11) is -3.98. The Morgan fingerprint density at radius 3 is 2.17 bits per heavy atom. The number of hydrogen-bond acceptors (Lipinski definition) is 6.